The van der Waals surface area contributed by atoms with Gasteiger partial charge in [-0.25, -0.2) is 4.98 Å². The van der Waals surface area contributed by atoms with E-state index >= 15 is 0 Å². The number of nitrogens with zero attached hydrogens (tertiary/aromatic N) is 3. The number of amides is 1. The molecule has 3 rings (SSSR count). The molecule has 3 aromatic rings. The quantitative estimate of drug-likeness (QED) is 0.464. The lowest BCUT2D eigenvalue weighted by Crippen LogP contribution is -2.29. The second-order valence-electron chi connectivity index (χ2n) is 6.37. The lowest BCUT2D eigenvalue weighted by Gasteiger charge is -2.13. The number of methoxy groups -OCH3 is 2. The normalized spacial score (nSPS) is 10.2. The van der Waals surface area contributed by atoms with Gasteiger partial charge in [0.1, 0.15) is 11.6 Å². The molecule has 0 atom stereocenters. The third-order valence-corrected chi connectivity index (χ3v) is 4.20. The van der Waals surface area contributed by atoms with Crippen LogP contribution in [0.4, 0.5) is 17.5 Å². The van der Waals surface area contributed by atoms with Crippen molar-refractivity contribution in [2.24, 2.45) is 0 Å². The first-order valence-corrected chi connectivity index (χ1v) is 9.37. The Bertz CT molecular complexity index is 994. The molecule has 30 heavy (non-hydrogen) atoms. The van der Waals surface area contributed by atoms with Crippen LogP contribution >= 0.6 is 0 Å². The van der Waals surface area contributed by atoms with Gasteiger partial charge in [-0.05, 0) is 48.9 Å². The van der Waals surface area contributed by atoms with Crippen LogP contribution in [0.2, 0.25) is 0 Å². The molecule has 2 heterocycles. The summed E-state index contributed by atoms with van der Waals surface area (Å²) in [4.78, 5) is 16.7. The zero-order valence-electron chi connectivity index (χ0n) is 17.1. The molecule has 2 aromatic heterocycles. The average Bonchev–Trinajstić information content (AvgIpc) is 2.77. The van der Waals surface area contributed by atoms with E-state index in [-0.39, 0.29) is 5.91 Å². The average molecular weight is 408 g/mol. The number of pyridine rings is 1. The monoisotopic (exact) mass is 408 g/mol. The first kappa shape index (κ1) is 20.8. The lowest BCUT2D eigenvalue weighted by atomic mass is 10.1. The van der Waals surface area contributed by atoms with Crippen molar-refractivity contribution in [3.05, 3.63) is 59.8 Å². The maximum Gasteiger partial charge on any atom is 0.255 e. The van der Waals surface area contributed by atoms with E-state index in [2.05, 4.69) is 31.1 Å². The molecule has 0 bridgehead atoms. The van der Waals surface area contributed by atoms with Crippen molar-refractivity contribution in [1.82, 2.24) is 20.5 Å². The molecule has 0 aliphatic heterocycles. The number of hydrogen-bond donors (Lipinski definition) is 3. The minimum Gasteiger partial charge on any atom is -0.493 e. The molecule has 156 valence electrons. The predicted octanol–water partition coefficient (Wildman–Crippen LogP) is 2.78. The molecule has 1 amide bonds. The fourth-order valence-corrected chi connectivity index (χ4v) is 2.76. The molecule has 0 saturated carbocycles. The van der Waals surface area contributed by atoms with Crippen molar-refractivity contribution in [2.75, 3.05) is 37.9 Å². The smallest absolute Gasteiger partial charge is 0.255 e. The van der Waals surface area contributed by atoms with Gasteiger partial charge in [0, 0.05) is 19.3 Å². The van der Waals surface area contributed by atoms with E-state index in [4.69, 9.17) is 9.47 Å². The summed E-state index contributed by atoms with van der Waals surface area (Å²) in [5, 5.41) is 17.3. The minimum atomic E-state index is -0.246. The molecule has 0 fully saturated rings. The number of carbonyl (C=O) groups is 1. The van der Waals surface area contributed by atoms with Crippen LogP contribution in [-0.4, -0.2) is 48.4 Å². The number of ether oxygens (including phenoxy) is 2. The zero-order chi connectivity index (χ0) is 21.3. The van der Waals surface area contributed by atoms with Crippen LogP contribution in [0, 0.1) is 6.92 Å². The highest BCUT2D eigenvalue weighted by Crippen LogP contribution is 2.30. The summed E-state index contributed by atoms with van der Waals surface area (Å²) in [5.74, 6) is 2.57. The Balaban J connectivity index is 1.48. The Labute approximate surface area is 174 Å². The van der Waals surface area contributed by atoms with E-state index in [0.717, 1.165) is 5.56 Å². The highest BCUT2D eigenvalue weighted by atomic mass is 16.5. The number of rotatable bonds is 9. The van der Waals surface area contributed by atoms with Crippen LogP contribution in [0.3, 0.4) is 0 Å². The third kappa shape index (κ3) is 5.34. The van der Waals surface area contributed by atoms with Crippen molar-refractivity contribution in [1.29, 1.82) is 0 Å². The molecule has 0 saturated heterocycles. The summed E-state index contributed by atoms with van der Waals surface area (Å²) in [5.41, 5.74) is 1.52. The van der Waals surface area contributed by atoms with Crippen molar-refractivity contribution in [3.63, 3.8) is 0 Å². The Morgan fingerprint density at radius 1 is 0.967 bits per heavy atom. The highest BCUT2D eigenvalue weighted by molar-refractivity contribution is 5.97. The van der Waals surface area contributed by atoms with Gasteiger partial charge in [-0.1, -0.05) is 6.07 Å². The molecular weight excluding hydrogens is 384 g/mol. The van der Waals surface area contributed by atoms with E-state index < -0.39 is 0 Å². The van der Waals surface area contributed by atoms with Gasteiger partial charge in [0.2, 0.25) is 0 Å². The summed E-state index contributed by atoms with van der Waals surface area (Å²) < 4.78 is 10.5. The van der Waals surface area contributed by atoms with Gasteiger partial charge < -0.3 is 25.4 Å². The SMILES string of the molecule is COc1cccc(C(=O)NCCNc2ccc(Nc3cc(C)ccn3)nn2)c1OC. The number of benzene rings is 1. The predicted molar refractivity (Wildman–Crippen MR) is 115 cm³/mol. The van der Waals surface area contributed by atoms with Crippen LogP contribution in [0.25, 0.3) is 0 Å². The third-order valence-electron chi connectivity index (χ3n) is 4.20. The molecule has 0 radical (unpaired) electrons. The largest absolute Gasteiger partial charge is 0.493 e. The standard InChI is InChI=1S/C21H24N6O3/c1-14-9-10-22-19(13-14)25-18-8-7-17(26-27-18)23-11-12-24-21(28)15-5-4-6-16(29-2)20(15)30-3/h4-10,13H,11-12H2,1-3H3,(H,23,26)(H,24,28)(H,22,25,27). The fourth-order valence-electron chi connectivity index (χ4n) is 2.76. The van der Waals surface area contributed by atoms with Crippen molar-refractivity contribution in [2.45, 2.75) is 6.92 Å². The number of aromatic nitrogens is 3. The van der Waals surface area contributed by atoms with Gasteiger partial charge in [-0.15, -0.1) is 10.2 Å². The number of carbonyl (C=O) groups excluding carboxylic acids is 1. The first-order valence-electron chi connectivity index (χ1n) is 9.37. The van der Waals surface area contributed by atoms with Gasteiger partial charge in [0.25, 0.3) is 5.91 Å². The van der Waals surface area contributed by atoms with Gasteiger partial charge in [-0.2, -0.15) is 0 Å². The van der Waals surface area contributed by atoms with Crippen molar-refractivity contribution < 1.29 is 14.3 Å². The van der Waals surface area contributed by atoms with Crippen LogP contribution in [0.5, 0.6) is 11.5 Å². The van der Waals surface area contributed by atoms with Gasteiger partial charge in [0.05, 0.1) is 19.8 Å². The highest BCUT2D eigenvalue weighted by Gasteiger charge is 2.15. The number of anilines is 3. The van der Waals surface area contributed by atoms with E-state index in [0.29, 0.717) is 47.6 Å². The molecule has 9 nitrogen and oxygen atoms in total. The number of para-hydroxylation sites is 1. The Kier molecular flexibility index (Phi) is 6.99. The molecular formula is C21H24N6O3. The minimum absolute atomic E-state index is 0.246. The first-order chi connectivity index (χ1) is 14.6. The zero-order valence-corrected chi connectivity index (χ0v) is 17.1. The Hall–Kier alpha value is -3.88. The van der Waals surface area contributed by atoms with E-state index in [9.17, 15) is 4.79 Å². The summed E-state index contributed by atoms with van der Waals surface area (Å²) in [7, 11) is 3.03. The van der Waals surface area contributed by atoms with Crippen molar-refractivity contribution in [3.8, 4) is 11.5 Å². The van der Waals surface area contributed by atoms with Crippen molar-refractivity contribution >= 4 is 23.4 Å². The number of nitrogens with one attached hydrogen (secondary N) is 3. The molecule has 0 unspecified atom stereocenters. The maximum atomic E-state index is 12.4. The fraction of sp³-hybridized carbons (Fsp3) is 0.238. The number of aryl methyl sites for hydroxylation is 1. The van der Waals surface area contributed by atoms with Gasteiger partial charge in [0.15, 0.2) is 17.3 Å². The Morgan fingerprint density at radius 3 is 2.47 bits per heavy atom. The second-order valence-corrected chi connectivity index (χ2v) is 6.37. The molecule has 0 spiro atoms. The summed E-state index contributed by atoms with van der Waals surface area (Å²) in [6, 6.07) is 12.6. The van der Waals surface area contributed by atoms with Crippen LogP contribution < -0.4 is 25.4 Å². The Morgan fingerprint density at radius 2 is 1.77 bits per heavy atom. The van der Waals surface area contributed by atoms with Crippen LogP contribution in [0.1, 0.15) is 15.9 Å². The summed E-state index contributed by atoms with van der Waals surface area (Å²) in [6.45, 7) is 2.88. The van der Waals surface area contributed by atoms with E-state index in [1.807, 2.05) is 19.1 Å². The van der Waals surface area contributed by atoms with Gasteiger partial charge in [-0.3, -0.25) is 4.79 Å². The maximum absolute atomic E-state index is 12.4. The topological polar surface area (TPSA) is 110 Å². The molecule has 9 heteroatoms. The summed E-state index contributed by atoms with van der Waals surface area (Å²) in [6.07, 6.45) is 1.73. The van der Waals surface area contributed by atoms with E-state index in [1.54, 1.807) is 36.5 Å². The molecule has 0 aliphatic carbocycles. The second kappa shape index (κ2) is 10.1. The van der Waals surface area contributed by atoms with Gasteiger partial charge >= 0.3 is 0 Å². The lowest BCUT2D eigenvalue weighted by molar-refractivity contribution is 0.0951. The van der Waals surface area contributed by atoms with E-state index in [1.165, 1.54) is 14.2 Å². The molecule has 3 N–H and O–H groups in total. The van der Waals surface area contributed by atoms with Crippen LogP contribution in [-0.2, 0) is 0 Å². The van der Waals surface area contributed by atoms with Crippen LogP contribution in [0.15, 0.2) is 48.7 Å². The molecule has 1 aromatic carbocycles. The summed E-state index contributed by atoms with van der Waals surface area (Å²) >= 11 is 0. The number of hydrogen-bond acceptors (Lipinski definition) is 8. The molecule has 0 aliphatic rings.